The maximum absolute atomic E-state index is 12.8. The third-order valence-electron chi connectivity index (χ3n) is 4.26. The Labute approximate surface area is 140 Å². The highest BCUT2D eigenvalue weighted by Gasteiger charge is 2.34. The van der Waals surface area contributed by atoms with Crippen molar-refractivity contribution in [3.05, 3.63) is 40.8 Å². The molecule has 4 rings (SSSR count). The molecule has 4 nitrogen and oxygen atoms in total. The fourth-order valence-electron chi connectivity index (χ4n) is 3.11. The van der Waals surface area contributed by atoms with Gasteiger partial charge < -0.3 is 4.74 Å². The summed E-state index contributed by atoms with van der Waals surface area (Å²) in [4.78, 5) is 0. The molecule has 6 heteroatoms. The number of benzene rings is 1. The van der Waals surface area contributed by atoms with E-state index in [1.54, 1.807) is 6.07 Å². The zero-order valence-corrected chi connectivity index (χ0v) is 14.8. The molecular formula is C17H19NO3S2. The summed E-state index contributed by atoms with van der Waals surface area (Å²) < 4.78 is 34.8. The van der Waals surface area contributed by atoms with Crippen molar-refractivity contribution in [1.29, 1.82) is 0 Å². The predicted octanol–water partition coefficient (Wildman–Crippen LogP) is 4.14. The first-order chi connectivity index (χ1) is 10.9. The molecule has 0 unspecified atom stereocenters. The number of hydrogen-bond donors (Lipinski definition) is 1. The summed E-state index contributed by atoms with van der Waals surface area (Å²) >= 11 is 1.29. The quantitative estimate of drug-likeness (QED) is 0.902. The first kappa shape index (κ1) is 15.0. The first-order valence-corrected chi connectivity index (χ1v) is 10.1. The Morgan fingerprint density at radius 1 is 1.26 bits per heavy atom. The van der Waals surface area contributed by atoms with E-state index in [0.717, 1.165) is 30.4 Å². The van der Waals surface area contributed by atoms with Crippen LogP contribution in [0.25, 0.3) is 0 Å². The van der Waals surface area contributed by atoms with Crippen LogP contribution < -0.4 is 9.46 Å². The lowest BCUT2D eigenvalue weighted by molar-refractivity contribution is 0.139. The van der Waals surface area contributed by atoms with Gasteiger partial charge in [0.15, 0.2) is 0 Å². The Morgan fingerprint density at radius 3 is 2.78 bits per heavy atom. The maximum Gasteiger partial charge on any atom is 0.271 e. The van der Waals surface area contributed by atoms with Gasteiger partial charge in [0.1, 0.15) is 15.6 Å². The Morgan fingerprint density at radius 2 is 2.04 bits per heavy atom. The van der Waals surface area contributed by atoms with E-state index in [1.165, 1.54) is 11.3 Å². The normalized spacial score (nSPS) is 19.2. The molecule has 23 heavy (non-hydrogen) atoms. The van der Waals surface area contributed by atoms with Gasteiger partial charge in [-0.15, -0.1) is 11.3 Å². The predicted molar refractivity (Wildman–Crippen MR) is 92.0 cm³/mol. The Kier molecular flexibility index (Phi) is 3.25. The van der Waals surface area contributed by atoms with Gasteiger partial charge in [-0.2, -0.15) is 0 Å². The van der Waals surface area contributed by atoms with E-state index in [2.05, 4.69) is 4.72 Å². The minimum absolute atomic E-state index is 0.300. The zero-order valence-electron chi connectivity index (χ0n) is 13.1. The van der Waals surface area contributed by atoms with Gasteiger partial charge in [-0.1, -0.05) is 12.1 Å². The lowest BCUT2D eigenvalue weighted by atomic mass is 10.0. The van der Waals surface area contributed by atoms with Gasteiger partial charge in [0.2, 0.25) is 0 Å². The monoisotopic (exact) mass is 349 g/mol. The molecule has 2 aliphatic rings. The zero-order chi connectivity index (χ0) is 16.2. The number of fused-ring (bicyclic) bond motifs is 1. The molecule has 1 N–H and O–H groups in total. The second-order valence-corrected chi connectivity index (χ2v) is 9.67. The average molecular weight is 349 g/mol. The van der Waals surface area contributed by atoms with Gasteiger partial charge in [-0.05, 0) is 55.7 Å². The SMILES string of the molecule is CC1(C)Cc2cccc(NS(=O)(=O)c3sccc3C3CC3)c2O1. The molecule has 2 aromatic rings. The molecule has 0 bridgehead atoms. The third kappa shape index (κ3) is 2.74. The second-order valence-electron chi connectivity index (χ2n) is 6.88. The summed E-state index contributed by atoms with van der Waals surface area (Å²) in [5.74, 6) is 1.06. The van der Waals surface area contributed by atoms with E-state index in [0.29, 0.717) is 21.6 Å². The standard InChI is InChI=1S/C17H19NO3S2/c1-17(2)10-12-4-3-5-14(15(12)21-17)18-23(19,20)16-13(8-9-22-16)11-6-7-11/h3-5,8-9,11,18H,6-7,10H2,1-2H3. The Bertz CT molecular complexity index is 864. The van der Waals surface area contributed by atoms with Gasteiger partial charge in [0.05, 0.1) is 5.69 Å². The molecule has 1 saturated carbocycles. The van der Waals surface area contributed by atoms with Crippen molar-refractivity contribution in [1.82, 2.24) is 0 Å². The van der Waals surface area contributed by atoms with Gasteiger partial charge in [-0.25, -0.2) is 8.42 Å². The van der Waals surface area contributed by atoms with Crippen molar-refractivity contribution in [2.45, 2.75) is 48.8 Å². The first-order valence-electron chi connectivity index (χ1n) is 7.77. The lowest BCUT2D eigenvalue weighted by Gasteiger charge is -2.18. The number of anilines is 1. The van der Waals surface area contributed by atoms with Crippen LogP contribution in [-0.4, -0.2) is 14.0 Å². The van der Waals surface area contributed by atoms with E-state index in [-0.39, 0.29) is 5.60 Å². The van der Waals surface area contributed by atoms with Gasteiger partial charge in [0, 0.05) is 12.0 Å². The van der Waals surface area contributed by atoms with Crippen LogP contribution in [0.1, 0.15) is 43.7 Å². The van der Waals surface area contributed by atoms with E-state index in [4.69, 9.17) is 4.74 Å². The highest BCUT2D eigenvalue weighted by molar-refractivity contribution is 7.94. The molecule has 0 atom stereocenters. The summed E-state index contributed by atoms with van der Waals surface area (Å²) in [6.07, 6.45) is 2.94. The van der Waals surface area contributed by atoms with Crippen LogP contribution in [0.5, 0.6) is 5.75 Å². The molecule has 0 spiro atoms. The molecule has 1 aliphatic carbocycles. The smallest absolute Gasteiger partial charge is 0.271 e. The van der Waals surface area contributed by atoms with Crippen molar-refractivity contribution >= 4 is 27.0 Å². The average Bonchev–Trinajstić information content (AvgIpc) is 3.07. The highest BCUT2D eigenvalue weighted by atomic mass is 32.2. The molecule has 122 valence electrons. The van der Waals surface area contributed by atoms with Crippen molar-refractivity contribution in [2.75, 3.05) is 4.72 Å². The molecule has 1 aromatic carbocycles. The minimum Gasteiger partial charge on any atom is -0.485 e. The summed E-state index contributed by atoms with van der Waals surface area (Å²) in [6, 6.07) is 7.56. The minimum atomic E-state index is -3.58. The molecule has 1 aromatic heterocycles. The van der Waals surface area contributed by atoms with Crippen molar-refractivity contribution in [2.24, 2.45) is 0 Å². The molecule has 1 aliphatic heterocycles. The largest absolute Gasteiger partial charge is 0.485 e. The van der Waals surface area contributed by atoms with Gasteiger partial charge in [-0.3, -0.25) is 4.72 Å². The summed E-state index contributed by atoms with van der Waals surface area (Å²) in [6.45, 7) is 4.02. The van der Waals surface area contributed by atoms with Crippen molar-refractivity contribution in [3.8, 4) is 5.75 Å². The Balaban J connectivity index is 1.69. The third-order valence-corrected chi connectivity index (χ3v) is 7.14. The fraction of sp³-hybridized carbons (Fsp3) is 0.412. The van der Waals surface area contributed by atoms with E-state index < -0.39 is 10.0 Å². The molecule has 0 radical (unpaired) electrons. The van der Waals surface area contributed by atoms with Crippen LogP contribution in [0, 0.1) is 0 Å². The molecule has 0 saturated heterocycles. The molecule has 2 heterocycles. The van der Waals surface area contributed by atoms with Crippen molar-refractivity contribution in [3.63, 3.8) is 0 Å². The van der Waals surface area contributed by atoms with Crippen LogP contribution >= 0.6 is 11.3 Å². The number of thiophene rings is 1. The summed E-state index contributed by atoms with van der Waals surface area (Å²) in [5, 5.41) is 1.86. The van der Waals surface area contributed by atoms with E-state index >= 15 is 0 Å². The molecule has 1 fully saturated rings. The van der Waals surface area contributed by atoms with Crippen LogP contribution in [0.15, 0.2) is 33.9 Å². The van der Waals surface area contributed by atoms with Crippen LogP contribution in [0.2, 0.25) is 0 Å². The number of hydrogen-bond acceptors (Lipinski definition) is 4. The van der Waals surface area contributed by atoms with E-state index in [1.807, 2.05) is 37.4 Å². The number of rotatable bonds is 4. The fourth-order valence-corrected chi connectivity index (χ4v) is 5.70. The van der Waals surface area contributed by atoms with Crippen LogP contribution in [0.4, 0.5) is 5.69 Å². The maximum atomic E-state index is 12.8. The van der Waals surface area contributed by atoms with E-state index in [9.17, 15) is 8.42 Å². The summed E-state index contributed by atoms with van der Waals surface area (Å²) in [5.41, 5.74) is 2.23. The molecular weight excluding hydrogens is 330 g/mol. The number of sulfonamides is 1. The second kappa shape index (κ2) is 4.98. The van der Waals surface area contributed by atoms with Crippen LogP contribution in [-0.2, 0) is 16.4 Å². The van der Waals surface area contributed by atoms with Gasteiger partial charge >= 0.3 is 0 Å². The van der Waals surface area contributed by atoms with Crippen molar-refractivity contribution < 1.29 is 13.2 Å². The Hall–Kier alpha value is -1.53. The highest BCUT2D eigenvalue weighted by Crippen LogP contribution is 2.46. The summed E-state index contributed by atoms with van der Waals surface area (Å²) in [7, 11) is -3.58. The number of ether oxygens (including phenoxy) is 1. The number of para-hydroxylation sites is 1. The van der Waals surface area contributed by atoms with Crippen LogP contribution in [0.3, 0.4) is 0 Å². The number of nitrogens with one attached hydrogen (secondary N) is 1. The lowest BCUT2D eigenvalue weighted by Crippen LogP contribution is -2.25. The topological polar surface area (TPSA) is 55.4 Å². The van der Waals surface area contributed by atoms with Gasteiger partial charge in [0.25, 0.3) is 10.0 Å². The molecule has 0 amide bonds.